The zero-order valence-electron chi connectivity index (χ0n) is 14.2. The maximum atomic E-state index is 13.5. The van der Waals surface area contributed by atoms with Gasteiger partial charge in [-0.2, -0.15) is 0 Å². The molecule has 128 valence electrons. The third-order valence-electron chi connectivity index (χ3n) is 4.69. The summed E-state index contributed by atoms with van der Waals surface area (Å²) in [6.45, 7) is 6.03. The van der Waals surface area contributed by atoms with Crippen molar-refractivity contribution in [1.82, 2.24) is 9.55 Å². The summed E-state index contributed by atoms with van der Waals surface area (Å²) in [4.78, 5) is 20.6. The Kier molecular flexibility index (Phi) is 4.52. The number of nitrogens with zero attached hydrogens (tertiary/aromatic N) is 2. The van der Waals surface area contributed by atoms with E-state index in [9.17, 15) is 4.79 Å². The van der Waals surface area contributed by atoms with Crippen LogP contribution >= 0.6 is 23.1 Å². The fraction of sp³-hybridized carbons (Fsp3) is 0.300. The number of aryl methyl sites for hydroxylation is 1. The third kappa shape index (κ3) is 2.85. The predicted molar refractivity (Wildman–Crippen MR) is 107 cm³/mol. The highest BCUT2D eigenvalue weighted by atomic mass is 32.2. The van der Waals surface area contributed by atoms with E-state index in [1.165, 1.54) is 16.9 Å². The number of hydrogen-bond acceptors (Lipinski definition) is 4. The molecule has 4 rings (SSSR count). The van der Waals surface area contributed by atoms with Crippen LogP contribution in [0.15, 0.2) is 52.9 Å². The van der Waals surface area contributed by atoms with Gasteiger partial charge in [-0.05, 0) is 42.9 Å². The van der Waals surface area contributed by atoms with E-state index in [1.54, 1.807) is 27.7 Å². The van der Waals surface area contributed by atoms with Crippen LogP contribution in [0.25, 0.3) is 15.9 Å². The van der Waals surface area contributed by atoms with E-state index in [2.05, 4.69) is 13.5 Å². The summed E-state index contributed by atoms with van der Waals surface area (Å²) in [6.07, 6.45) is 5.26. The van der Waals surface area contributed by atoms with Crippen LogP contribution in [0.3, 0.4) is 0 Å². The fourth-order valence-corrected chi connectivity index (χ4v) is 5.68. The number of benzene rings is 1. The quantitative estimate of drug-likeness (QED) is 0.362. The molecule has 1 aliphatic rings. The summed E-state index contributed by atoms with van der Waals surface area (Å²) in [5.74, 6) is 1.16. The molecule has 0 bridgehead atoms. The van der Waals surface area contributed by atoms with Gasteiger partial charge in [-0.25, -0.2) is 4.98 Å². The highest BCUT2D eigenvalue weighted by molar-refractivity contribution is 7.99. The second-order valence-corrected chi connectivity index (χ2v) is 8.45. The van der Waals surface area contributed by atoms with Gasteiger partial charge in [-0.3, -0.25) is 9.36 Å². The summed E-state index contributed by atoms with van der Waals surface area (Å²) in [5.41, 5.74) is 2.18. The van der Waals surface area contributed by atoms with Crippen molar-refractivity contribution in [3.05, 3.63) is 63.8 Å². The minimum atomic E-state index is 0.0639. The summed E-state index contributed by atoms with van der Waals surface area (Å²) in [5, 5.41) is 1.58. The van der Waals surface area contributed by atoms with Crippen molar-refractivity contribution in [2.75, 3.05) is 5.75 Å². The first kappa shape index (κ1) is 16.6. The van der Waals surface area contributed by atoms with E-state index in [4.69, 9.17) is 4.98 Å². The molecule has 1 aliphatic carbocycles. The lowest BCUT2D eigenvalue weighted by molar-refractivity contribution is 0.601. The van der Waals surface area contributed by atoms with Crippen LogP contribution in [0.1, 0.15) is 36.1 Å². The van der Waals surface area contributed by atoms with E-state index < -0.39 is 0 Å². The Hall–Kier alpha value is -1.85. The van der Waals surface area contributed by atoms with Gasteiger partial charge in [-0.1, -0.05) is 43.0 Å². The SMILES string of the molecule is C=CCSc1nc2sc3c(c2c(=O)n1-c1ccccc1)[C@H](C)CCC3. The van der Waals surface area contributed by atoms with E-state index in [1.807, 2.05) is 36.4 Å². The molecule has 5 heteroatoms. The number of aromatic nitrogens is 2. The lowest BCUT2D eigenvalue weighted by Crippen LogP contribution is -2.22. The Balaban J connectivity index is 2.03. The predicted octanol–water partition coefficient (Wildman–Crippen LogP) is 5.17. The molecule has 2 aromatic heterocycles. The van der Waals surface area contributed by atoms with Crippen molar-refractivity contribution < 1.29 is 0 Å². The van der Waals surface area contributed by atoms with Gasteiger partial charge in [0.1, 0.15) is 4.83 Å². The van der Waals surface area contributed by atoms with E-state index in [0.717, 1.165) is 39.7 Å². The molecule has 0 aliphatic heterocycles. The molecule has 0 spiro atoms. The van der Waals surface area contributed by atoms with Gasteiger partial charge in [0.25, 0.3) is 5.56 Å². The van der Waals surface area contributed by atoms with Crippen molar-refractivity contribution in [1.29, 1.82) is 0 Å². The molecule has 0 fully saturated rings. The maximum Gasteiger partial charge on any atom is 0.267 e. The van der Waals surface area contributed by atoms with E-state index in [-0.39, 0.29) is 5.56 Å². The molecular weight excluding hydrogens is 348 g/mol. The van der Waals surface area contributed by atoms with E-state index in [0.29, 0.717) is 5.92 Å². The van der Waals surface area contributed by atoms with Crippen LogP contribution in [0.4, 0.5) is 0 Å². The number of thioether (sulfide) groups is 1. The molecule has 0 N–H and O–H groups in total. The Morgan fingerprint density at radius 1 is 1.40 bits per heavy atom. The first-order valence-corrected chi connectivity index (χ1v) is 10.4. The largest absolute Gasteiger partial charge is 0.268 e. The second kappa shape index (κ2) is 6.81. The molecular formula is C20H20N2OS2. The number of thiophene rings is 1. The lowest BCUT2D eigenvalue weighted by atomic mass is 9.88. The van der Waals surface area contributed by atoms with Crippen molar-refractivity contribution in [2.24, 2.45) is 0 Å². The molecule has 0 radical (unpaired) electrons. The van der Waals surface area contributed by atoms with E-state index >= 15 is 0 Å². The summed E-state index contributed by atoms with van der Waals surface area (Å²) < 4.78 is 1.77. The van der Waals surface area contributed by atoms with Crippen LogP contribution < -0.4 is 5.56 Å². The maximum absolute atomic E-state index is 13.5. The van der Waals surface area contributed by atoms with Gasteiger partial charge in [-0.15, -0.1) is 17.9 Å². The molecule has 25 heavy (non-hydrogen) atoms. The molecule has 0 saturated heterocycles. The van der Waals surface area contributed by atoms with Crippen LogP contribution in [0, 0.1) is 0 Å². The molecule has 3 aromatic rings. The highest BCUT2D eigenvalue weighted by Gasteiger charge is 2.26. The smallest absolute Gasteiger partial charge is 0.267 e. The van der Waals surface area contributed by atoms with Gasteiger partial charge < -0.3 is 0 Å². The summed E-state index contributed by atoms with van der Waals surface area (Å²) >= 11 is 3.26. The zero-order chi connectivity index (χ0) is 17.4. The van der Waals surface area contributed by atoms with Gasteiger partial charge in [0.2, 0.25) is 0 Å². The minimum Gasteiger partial charge on any atom is -0.268 e. The average molecular weight is 369 g/mol. The topological polar surface area (TPSA) is 34.9 Å². The summed E-state index contributed by atoms with van der Waals surface area (Å²) in [6, 6.07) is 9.81. The second-order valence-electron chi connectivity index (χ2n) is 6.38. The van der Waals surface area contributed by atoms with Crippen molar-refractivity contribution in [3.63, 3.8) is 0 Å². The van der Waals surface area contributed by atoms with Crippen LogP contribution in [-0.4, -0.2) is 15.3 Å². The first-order chi connectivity index (χ1) is 12.2. The van der Waals surface area contributed by atoms with Gasteiger partial charge in [0.05, 0.1) is 11.1 Å². The Bertz CT molecular complexity index is 988. The molecule has 0 unspecified atom stereocenters. The Morgan fingerprint density at radius 3 is 2.96 bits per heavy atom. The lowest BCUT2D eigenvalue weighted by Gasteiger charge is -2.19. The fourth-order valence-electron chi connectivity index (χ4n) is 3.55. The molecule has 1 aromatic carbocycles. The summed E-state index contributed by atoms with van der Waals surface area (Å²) in [7, 11) is 0. The number of hydrogen-bond donors (Lipinski definition) is 0. The monoisotopic (exact) mass is 368 g/mol. The average Bonchev–Trinajstić information content (AvgIpc) is 3.00. The number of rotatable bonds is 4. The first-order valence-electron chi connectivity index (χ1n) is 8.58. The van der Waals surface area contributed by atoms with Crippen LogP contribution in [-0.2, 0) is 6.42 Å². The standard InChI is InChI=1S/C20H20N2OS2/c1-3-12-24-20-21-18-17(16-13(2)8-7-11-15(16)25-18)19(23)22(20)14-9-5-4-6-10-14/h3-6,9-10,13H,1,7-8,11-12H2,2H3/t13-/m1/s1. The van der Waals surface area contributed by atoms with Crippen molar-refractivity contribution in [2.45, 2.75) is 37.3 Å². The van der Waals surface area contributed by atoms with Gasteiger partial charge >= 0.3 is 0 Å². The van der Waals surface area contributed by atoms with Crippen molar-refractivity contribution in [3.8, 4) is 5.69 Å². The molecule has 2 heterocycles. The molecule has 0 amide bonds. The van der Waals surface area contributed by atoms with Gasteiger partial charge in [0, 0.05) is 10.6 Å². The number of para-hydroxylation sites is 1. The van der Waals surface area contributed by atoms with Crippen LogP contribution in [0.2, 0.25) is 0 Å². The highest BCUT2D eigenvalue weighted by Crippen LogP contribution is 2.40. The van der Waals surface area contributed by atoms with Crippen molar-refractivity contribution >= 4 is 33.3 Å². The zero-order valence-corrected chi connectivity index (χ0v) is 15.8. The molecule has 0 saturated carbocycles. The molecule has 3 nitrogen and oxygen atoms in total. The van der Waals surface area contributed by atoms with Crippen LogP contribution in [0.5, 0.6) is 0 Å². The normalized spacial score (nSPS) is 16.8. The Morgan fingerprint density at radius 2 is 2.20 bits per heavy atom. The molecule has 1 atom stereocenters. The number of fused-ring (bicyclic) bond motifs is 3. The van der Waals surface area contributed by atoms with Gasteiger partial charge in [0.15, 0.2) is 5.16 Å². The third-order valence-corrected chi connectivity index (χ3v) is 6.78. The minimum absolute atomic E-state index is 0.0639. The Labute approximate surface area is 155 Å².